The van der Waals surface area contributed by atoms with Gasteiger partial charge in [-0.1, -0.05) is 23.7 Å². The number of aromatic nitrogens is 2. The average Bonchev–Trinajstić information content (AvgIpc) is 3.17. The molecular weight excluding hydrogens is 374 g/mol. The van der Waals surface area contributed by atoms with Crippen molar-refractivity contribution < 1.29 is 9.53 Å². The van der Waals surface area contributed by atoms with Crippen molar-refractivity contribution in [1.82, 2.24) is 9.55 Å². The summed E-state index contributed by atoms with van der Waals surface area (Å²) in [4.78, 5) is 15.3. The van der Waals surface area contributed by atoms with Gasteiger partial charge < -0.3 is 14.6 Å². The van der Waals surface area contributed by atoms with Gasteiger partial charge in [0, 0.05) is 30.0 Å². The van der Waals surface area contributed by atoms with E-state index in [2.05, 4.69) is 22.4 Å². The molecule has 146 valence electrons. The molecular formula is C22H24ClN3O2. The molecule has 3 aromatic rings. The molecule has 0 aliphatic rings. The van der Waals surface area contributed by atoms with E-state index in [9.17, 15) is 4.79 Å². The molecule has 3 rings (SSSR count). The lowest BCUT2D eigenvalue weighted by molar-refractivity contribution is -0.114. The van der Waals surface area contributed by atoms with Crippen LogP contribution in [0.1, 0.15) is 25.3 Å². The van der Waals surface area contributed by atoms with Crippen molar-refractivity contribution in [2.24, 2.45) is 0 Å². The SMILES string of the molecule is CC(=O)Nc1ccc(OC(CCCc2ccc(Cl)cc2)Cn2ccnc2)cc1. The average molecular weight is 398 g/mol. The number of carbonyl (C=O) groups excluding carboxylic acids is 1. The first-order valence-corrected chi connectivity index (χ1v) is 9.71. The summed E-state index contributed by atoms with van der Waals surface area (Å²) in [5, 5.41) is 3.52. The van der Waals surface area contributed by atoms with Gasteiger partial charge in [-0.25, -0.2) is 4.98 Å². The number of hydrogen-bond acceptors (Lipinski definition) is 3. The van der Waals surface area contributed by atoms with Gasteiger partial charge in [-0.2, -0.15) is 0 Å². The van der Waals surface area contributed by atoms with E-state index in [0.29, 0.717) is 0 Å². The van der Waals surface area contributed by atoms with Crippen LogP contribution in [0.3, 0.4) is 0 Å². The summed E-state index contributed by atoms with van der Waals surface area (Å²) in [5.41, 5.74) is 2.03. The summed E-state index contributed by atoms with van der Waals surface area (Å²) in [5.74, 6) is 0.694. The number of anilines is 1. The molecule has 0 saturated heterocycles. The lowest BCUT2D eigenvalue weighted by atomic mass is 10.1. The van der Waals surface area contributed by atoms with Gasteiger partial charge in [0.15, 0.2) is 0 Å². The van der Waals surface area contributed by atoms with E-state index in [1.54, 1.807) is 12.5 Å². The minimum atomic E-state index is -0.0890. The smallest absolute Gasteiger partial charge is 0.221 e. The Kier molecular flexibility index (Phi) is 7.09. The molecule has 1 N–H and O–H groups in total. The Bertz CT molecular complexity index is 862. The first kappa shape index (κ1) is 20.0. The predicted molar refractivity (Wildman–Crippen MR) is 112 cm³/mol. The Hall–Kier alpha value is -2.79. The Labute approximate surface area is 170 Å². The zero-order valence-corrected chi connectivity index (χ0v) is 16.6. The highest BCUT2D eigenvalue weighted by atomic mass is 35.5. The van der Waals surface area contributed by atoms with Gasteiger partial charge in [0.25, 0.3) is 0 Å². The van der Waals surface area contributed by atoms with Crippen LogP contribution >= 0.6 is 11.6 Å². The molecule has 0 fully saturated rings. The number of ether oxygens (including phenoxy) is 1. The number of amides is 1. The molecule has 0 aliphatic carbocycles. The largest absolute Gasteiger partial charge is 0.489 e. The molecule has 0 bridgehead atoms. The van der Waals surface area contributed by atoms with Crippen LogP contribution in [0.25, 0.3) is 0 Å². The van der Waals surface area contributed by atoms with Crippen LogP contribution < -0.4 is 10.1 Å². The van der Waals surface area contributed by atoms with Gasteiger partial charge in [-0.15, -0.1) is 0 Å². The highest BCUT2D eigenvalue weighted by Gasteiger charge is 2.12. The minimum absolute atomic E-state index is 0.0214. The summed E-state index contributed by atoms with van der Waals surface area (Å²) in [6, 6.07) is 15.4. The molecule has 5 nitrogen and oxygen atoms in total. The lowest BCUT2D eigenvalue weighted by Gasteiger charge is -2.20. The van der Waals surface area contributed by atoms with E-state index in [4.69, 9.17) is 16.3 Å². The molecule has 6 heteroatoms. The zero-order valence-electron chi connectivity index (χ0n) is 15.8. The molecule has 1 atom stereocenters. The molecule has 0 spiro atoms. The van der Waals surface area contributed by atoms with Crippen molar-refractivity contribution in [3.63, 3.8) is 0 Å². The van der Waals surface area contributed by atoms with Gasteiger partial charge in [-0.05, 0) is 61.2 Å². The molecule has 0 aliphatic heterocycles. The van der Waals surface area contributed by atoms with Gasteiger partial charge in [0.1, 0.15) is 11.9 Å². The fourth-order valence-electron chi connectivity index (χ4n) is 3.01. The van der Waals surface area contributed by atoms with E-state index >= 15 is 0 Å². The topological polar surface area (TPSA) is 56.1 Å². The van der Waals surface area contributed by atoms with Gasteiger partial charge in [0.05, 0.1) is 12.9 Å². The first-order chi connectivity index (χ1) is 13.6. The monoisotopic (exact) mass is 397 g/mol. The van der Waals surface area contributed by atoms with Crippen LogP contribution in [0.4, 0.5) is 5.69 Å². The minimum Gasteiger partial charge on any atom is -0.489 e. The zero-order chi connectivity index (χ0) is 19.8. The standard InChI is InChI=1S/C22H24ClN3O2/c1-17(27)25-20-9-11-21(12-10-20)28-22(15-26-14-13-24-16-26)4-2-3-18-5-7-19(23)8-6-18/h5-14,16,22H,2-4,15H2,1H3,(H,25,27). The van der Waals surface area contributed by atoms with Crippen LogP contribution in [0.2, 0.25) is 5.02 Å². The van der Waals surface area contributed by atoms with Gasteiger partial charge >= 0.3 is 0 Å². The fraction of sp³-hybridized carbons (Fsp3) is 0.273. The van der Waals surface area contributed by atoms with E-state index < -0.39 is 0 Å². The van der Waals surface area contributed by atoms with Crippen molar-refractivity contribution in [3.05, 3.63) is 77.8 Å². The van der Waals surface area contributed by atoms with Crippen LogP contribution in [-0.4, -0.2) is 21.6 Å². The van der Waals surface area contributed by atoms with Crippen LogP contribution in [-0.2, 0) is 17.8 Å². The maximum atomic E-state index is 11.1. The van der Waals surface area contributed by atoms with Crippen molar-refractivity contribution >= 4 is 23.2 Å². The molecule has 0 saturated carbocycles. The molecule has 1 aromatic heterocycles. The Morgan fingerprint density at radius 1 is 1.18 bits per heavy atom. The molecule has 1 unspecified atom stereocenters. The van der Waals surface area contributed by atoms with Crippen molar-refractivity contribution in [2.45, 2.75) is 38.8 Å². The third-order valence-electron chi connectivity index (χ3n) is 4.36. The number of nitrogens with one attached hydrogen (secondary N) is 1. The molecule has 1 amide bonds. The molecule has 2 aromatic carbocycles. The third kappa shape index (κ3) is 6.43. The number of hydrogen-bond donors (Lipinski definition) is 1. The predicted octanol–water partition coefficient (Wildman–Crippen LogP) is 4.97. The van der Waals surface area contributed by atoms with E-state index in [1.807, 2.05) is 47.2 Å². The number of carbonyl (C=O) groups is 1. The fourth-order valence-corrected chi connectivity index (χ4v) is 3.14. The Morgan fingerprint density at radius 3 is 2.57 bits per heavy atom. The molecule has 0 radical (unpaired) electrons. The van der Waals surface area contributed by atoms with Crippen molar-refractivity contribution in [3.8, 4) is 5.75 Å². The summed E-state index contributed by atoms with van der Waals surface area (Å²) in [6.45, 7) is 2.22. The number of halogens is 1. The summed E-state index contributed by atoms with van der Waals surface area (Å²) in [7, 11) is 0. The quantitative estimate of drug-likeness (QED) is 0.554. The maximum Gasteiger partial charge on any atom is 0.221 e. The van der Waals surface area contributed by atoms with E-state index in [-0.39, 0.29) is 12.0 Å². The van der Waals surface area contributed by atoms with Gasteiger partial charge in [-0.3, -0.25) is 4.79 Å². The highest BCUT2D eigenvalue weighted by molar-refractivity contribution is 6.30. The lowest BCUT2D eigenvalue weighted by Crippen LogP contribution is -2.23. The summed E-state index contributed by atoms with van der Waals surface area (Å²) >= 11 is 5.95. The Balaban J connectivity index is 1.59. The number of imidazole rings is 1. The molecule has 1 heterocycles. The summed E-state index contributed by atoms with van der Waals surface area (Å²) < 4.78 is 8.25. The normalized spacial score (nSPS) is 11.8. The van der Waals surface area contributed by atoms with Crippen LogP contribution in [0.15, 0.2) is 67.3 Å². The molecule has 28 heavy (non-hydrogen) atoms. The third-order valence-corrected chi connectivity index (χ3v) is 4.61. The second-order valence-electron chi connectivity index (χ2n) is 6.72. The Morgan fingerprint density at radius 2 is 1.93 bits per heavy atom. The van der Waals surface area contributed by atoms with Crippen molar-refractivity contribution in [2.75, 3.05) is 5.32 Å². The maximum absolute atomic E-state index is 11.1. The van der Waals surface area contributed by atoms with E-state index in [0.717, 1.165) is 42.3 Å². The second-order valence-corrected chi connectivity index (χ2v) is 7.16. The van der Waals surface area contributed by atoms with Crippen LogP contribution in [0.5, 0.6) is 5.75 Å². The highest BCUT2D eigenvalue weighted by Crippen LogP contribution is 2.20. The van der Waals surface area contributed by atoms with Crippen molar-refractivity contribution in [1.29, 1.82) is 0 Å². The first-order valence-electron chi connectivity index (χ1n) is 9.33. The number of benzene rings is 2. The number of rotatable bonds is 9. The van der Waals surface area contributed by atoms with Gasteiger partial charge in [0.2, 0.25) is 5.91 Å². The second kappa shape index (κ2) is 9.95. The van der Waals surface area contributed by atoms with Crippen LogP contribution in [0, 0.1) is 0 Å². The van der Waals surface area contributed by atoms with E-state index in [1.165, 1.54) is 12.5 Å². The number of aryl methyl sites for hydroxylation is 1. The summed E-state index contributed by atoms with van der Waals surface area (Å²) in [6.07, 6.45) is 8.42. The number of nitrogens with zero attached hydrogens (tertiary/aromatic N) is 2.